The maximum atomic E-state index is 12.2. The summed E-state index contributed by atoms with van der Waals surface area (Å²) in [6.07, 6.45) is 1.37. The fraction of sp³-hybridized carbons (Fsp3) is 0.125. The highest BCUT2D eigenvalue weighted by molar-refractivity contribution is 6.11. The van der Waals surface area contributed by atoms with Crippen LogP contribution in [-0.2, 0) is 9.59 Å². The number of aromatic nitrogens is 1. The van der Waals surface area contributed by atoms with Crippen LogP contribution < -0.4 is 16.0 Å². The van der Waals surface area contributed by atoms with Gasteiger partial charge in [-0.3, -0.25) is 14.4 Å². The van der Waals surface area contributed by atoms with Crippen molar-refractivity contribution in [3.8, 4) is 0 Å². The van der Waals surface area contributed by atoms with Crippen LogP contribution in [-0.4, -0.2) is 28.7 Å². The largest absolute Gasteiger partial charge is 0.340 e. The van der Waals surface area contributed by atoms with E-state index in [1.165, 1.54) is 0 Å². The molecule has 2 heterocycles. The van der Waals surface area contributed by atoms with Gasteiger partial charge in [0.15, 0.2) is 0 Å². The predicted octanol–water partition coefficient (Wildman–Crippen LogP) is 1.16. The predicted molar refractivity (Wildman–Crippen MR) is 83.8 cm³/mol. The summed E-state index contributed by atoms with van der Waals surface area (Å²) in [7, 11) is 0. The summed E-state index contributed by atoms with van der Waals surface area (Å²) in [5, 5.41) is 7.81. The van der Waals surface area contributed by atoms with Gasteiger partial charge in [-0.25, -0.2) is 4.98 Å². The number of carbonyl (C=O) groups excluding carboxylic acids is 3. The summed E-state index contributed by atoms with van der Waals surface area (Å²) in [6.45, 7) is 0. The molecule has 7 heteroatoms. The average molecular weight is 310 g/mol. The zero-order valence-electron chi connectivity index (χ0n) is 12.1. The molecule has 1 aliphatic rings. The molecule has 3 amide bonds. The molecule has 0 saturated heterocycles. The van der Waals surface area contributed by atoms with Crippen LogP contribution in [0.3, 0.4) is 0 Å². The summed E-state index contributed by atoms with van der Waals surface area (Å²) in [6, 6.07) is 10.8. The number of amides is 3. The Hall–Kier alpha value is -3.22. The lowest BCUT2D eigenvalue weighted by atomic mass is 10.1. The van der Waals surface area contributed by atoms with Gasteiger partial charge in [0.05, 0.1) is 17.7 Å². The lowest BCUT2D eigenvalue weighted by Gasteiger charge is -2.14. The van der Waals surface area contributed by atoms with Gasteiger partial charge in [0.1, 0.15) is 11.9 Å². The van der Waals surface area contributed by atoms with Crippen LogP contribution in [0.1, 0.15) is 16.8 Å². The molecule has 0 saturated carbocycles. The summed E-state index contributed by atoms with van der Waals surface area (Å²) in [4.78, 5) is 40.4. The van der Waals surface area contributed by atoms with Gasteiger partial charge < -0.3 is 16.0 Å². The smallest absolute Gasteiger partial charge is 0.254 e. The first-order valence-electron chi connectivity index (χ1n) is 7.05. The second-order valence-corrected chi connectivity index (χ2v) is 5.03. The number of hydrogen-bond acceptors (Lipinski definition) is 4. The SMILES string of the molecule is O=C(C[C@@H]1NC(=O)c2ccccc2NC1=O)Nc1ccccn1. The lowest BCUT2D eigenvalue weighted by Crippen LogP contribution is -2.43. The highest BCUT2D eigenvalue weighted by Gasteiger charge is 2.29. The van der Waals surface area contributed by atoms with Gasteiger partial charge in [0.25, 0.3) is 5.91 Å². The average Bonchev–Trinajstić information content (AvgIpc) is 2.66. The second-order valence-electron chi connectivity index (χ2n) is 5.03. The van der Waals surface area contributed by atoms with Gasteiger partial charge in [-0.05, 0) is 24.3 Å². The first-order chi connectivity index (χ1) is 11.1. The van der Waals surface area contributed by atoms with E-state index >= 15 is 0 Å². The van der Waals surface area contributed by atoms with Gasteiger partial charge >= 0.3 is 0 Å². The molecular formula is C16H14N4O3. The van der Waals surface area contributed by atoms with E-state index in [1.807, 2.05) is 0 Å². The summed E-state index contributed by atoms with van der Waals surface area (Å²) in [5.41, 5.74) is 0.802. The van der Waals surface area contributed by atoms with Crippen molar-refractivity contribution >= 4 is 29.2 Å². The van der Waals surface area contributed by atoms with Crippen LogP contribution >= 0.6 is 0 Å². The number of para-hydroxylation sites is 1. The molecule has 3 N–H and O–H groups in total. The first-order valence-corrected chi connectivity index (χ1v) is 7.05. The fourth-order valence-electron chi connectivity index (χ4n) is 2.27. The molecule has 1 atom stereocenters. The molecule has 23 heavy (non-hydrogen) atoms. The van der Waals surface area contributed by atoms with Crippen LogP contribution in [0.2, 0.25) is 0 Å². The number of hydrogen-bond donors (Lipinski definition) is 3. The van der Waals surface area contributed by atoms with Crippen molar-refractivity contribution in [2.75, 3.05) is 10.6 Å². The second kappa shape index (κ2) is 6.27. The molecule has 0 fully saturated rings. The van der Waals surface area contributed by atoms with E-state index < -0.39 is 23.8 Å². The number of rotatable bonds is 3. The van der Waals surface area contributed by atoms with Crippen LogP contribution in [0.25, 0.3) is 0 Å². The van der Waals surface area contributed by atoms with Gasteiger partial charge in [-0.15, -0.1) is 0 Å². The van der Waals surface area contributed by atoms with E-state index in [0.717, 1.165) is 0 Å². The number of fused-ring (bicyclic) bond motifs is 1. The van der Waals surface area contributed by atoms with E-state index in [4.69, 9.17) is 0 Å². The van der Waals surface area contributed by atoms with Crippen molar-refractivity contribution < 1.29 is 14.4 Å². The number of pyridine rings is 1. The third-order valence-corrected chi connectivity index (χ3v) is 3.37. The molecule has 1 aromatic carbocycles. The topological polar surface area (TPSA) is 100 Å². The minimum Gasteiger partial charge on any atom is -0.340 e. The Morgan fingerprint density at radius 2 is 1.91 bits per heavy atom. The standard InChI is InChI=1S/C16H14N4O3/c21-14(20-13-7-3-4-8-17-13)9-12-16(23)18-11-6-2-1-5-10(11)15(22)19-12/h1-8,12H,9H2,(H,18,23)(H,19,22)(H,17,20,21)/t12-/m0/s1. The first kappa shape index (κ1) is 14.7. The van der Waals surface area contributed by atoms with Crippen LogP contribution in [0, 0.1) is 0 Å². The Morgan fingerprint density at radius 1 is 1.13 bits per heavy atom. The highest BCUT2D eigenvalue weighted by atomic mass is 16.2. The Balaban J connectivity index is 1.70. The maximum Gasteiger partial charge on any atom is 0.254 e. The molecule has 1 aromatic heterocycles. The quantitative estimate of drug-likeness (QED) is 0.792. The molecule has 116 valence electrons. The number of nitrogens with one attached hydrogen (secondary N) is 3. The van der Waals surface area contributed by atoms with Crippen molar-refractivity contribution in [3.63, 3.8) is 0 Å². The van der Waals surface area contributed by atoms with Crippen molar-refractivity contribution in [2.45, 2.75) is 12.5 Å². The van der Waals surface area contributed by atoms with Crippen molar-refractivity contribution in [2.24, 2.45) is 0 Å². The minimum atomic E-state index is -0.946. The molecule has 7 nitrogen and oxygen atoms in total. The molecule has 0 spiro atoms. The molecule has 0 unspecified atom stereocenters. The maximum absolute atomic E-state index is 12.2. The van der Waals surface area contributed by atoms with E-state index in [2.05, 4.69) is 20.9 Å². The van der Waals surface area contributed by atoms with E-state index in [9.17, 15) is 14.4 Å². The normalized spacial score (nSPS) is 16.6. The van der Waals surface area contributed by atoms with Crippen LogP contribution in [0.4, 0.5) is 11.5 Å². The molecule has 0 bridgehead atoms. The molecule has 0 aliphatic carbocycles. The Morgan fingerprint density at radius 3 is 2.70 bits per heavy atom. The number of benzene rings is 1. The van der Waals surface area contributed by atoms with Gasteiger partial charge in [-0.2, -0.15) is 0 Å². The van der Waals surface area contributed by atoms with Crippen molar-refractivity contribution in [1.29, 1.82) is 0 Å². The van der Waals surface area contributed by atoms with Crippen LogP contribution in [0.15, 0.2) is 48.7 Å². The van der Waals surface area contributed by atoms with Crippen molar-refractivity contribution in [3.05, 3.63) is 54.2 Å². The zero-order chi connectivity index (χ0) is 16.2. The Bertz CT molecular complexity index is 761. The third-order valence-electron chi connectivity index (χ3n) is 3.37. The molecular weight excluding hydrogens is 296 g/mol. The van der Waals surface area contributed by atoms with E-state index in [1.54, 1.807) is 48.7 Å². The highest BCUT2D eigenvalue weighted by Crippen LogP contribution is 2.18. The zero-order valence-corrected chi connectivity index (χ0v) is 12.1. The molecule has 1 aliphatic heterocycles. The third kappa shape index (κ3) is 3.34. The Labute approximate surface area is 132 Å². The summed E-state index contributed by atoms with van der Waals surface area (Å²) < 4.78 is 0. The Kier molecular flexibility index (Phi) is 4.01. The molecule has 0 radical (unpaired) electrons. The minimum absolute atomic E-state index is 0.178. The molecule has 3 rings (SSSR count). The van der Waals surface area contributed by atoms with E-state index in [-0.39, 0.29) is 6.42 Å². The van der Waals surface area contributed by atoms with E-state index in [0.29, 0.717) is 17.1 Å². The van der Waals surface area contributed by atoms with Gasteiger partial charge in [0, 0.05) is 6.20 Å². The van der Waals surface area contributed by atoms with Crippen LogP contribution in [0.5, 0.6) is 0 Å². The van der Waals surface area contributed by atoms with Gasteiger partial charge in [0.2, 0.25) is 11.8 Å². The number of carbonyl (C=O) groups is 3. The fourth-order valence-corrected chi connectivity index (χ4v) is 2.27. The summed E-state index contributed by atoms with van der Waals surface area (Å²) in [5.74, 6) is -0.842. The van der Waals surface area contributed by atoms with Crippen molar-refractivity contribution in [1.82, 2.24) is 10.3 Å². The number of anilines is 2. The monoisotopic (exact) mass is 310 g/mol. The molecule has 2 aromatic rings. The summed E-state index contributed by atoms with van der Waals surface area (Å²) >= 11 is 0. The lowest BCUT2D eigenvalue weighted by molar-refractivity contribution is -0.122. The number of nitrogens with zero attached hydrogens (tertiary/aromatic N) is 1. The van der Waals surface area contributed by atoms with Gasteiger partial charge in [-0.1, -0.05) is 18.2 Å².